The SMILES string of the molecule is CC(C)(C)C(Br)CCCCCC1CCCO1. The molecule has 2 heteroatoms. The van der Waals surface area contributed by atoms with E-state index < -0.39 is 0 Å². The standard InChI is InChI=1S/C14H27BrO/c1-14(2,3)13(15)10-6-4-5-8-12-9-7-11-16-12/h12-13H,4-11H2,1-3H3. The molecule has 0 aromatic heterocycles. The minimum Gasteiger partial charge on any atom is -0.378 e. The molecule has 16 heavy (non-hydrogen) atoms. The van der Waals surface area contributed by atoms with Gasteiger partial charge in [0.1, 0.15) is 0 Å². The highest BCUT2D eigenvalue weighted by Gasteiger charge is 2.21. The van der Waals surface area contributed by atoms with Crippen molar-refractivity contribution in [2.24, 2.45) is 5.41 Å². The monoisotopic (exact) mass is 290 g/mol. The first-order chi connectivity index (χ1) is 7.50. The summed E-state index contributed by atoms with van der Waals surface area (Å²) < 4.78 is 5.63. The molecule has 1 heterocycles. The summed E-state index contributed by atoms with van der Waals surface area (Å²) >= 11 is 3.79. The van der Waals surface area contributed by atoms with Crippen molar-refractivity contribution in [2.75, 3.05) is 6.61 Å². The van der Waals surface area contributed by atoms with E-state index in [1.807, 2.05) is 0 Å². The summed E-state index contributed by atoms with van der Waals surface area (Å²) in [6, 6.07) is 0. The molecule has 96 valence electrons. The summed E-state index contributed by atoms with van der Waals surface area (Å²) in [6.45, 7) is 7.91. The molecule has 2 atom stereocenters. The molecule has 0 aromatic carbocycles. The van der Waals surface area contributed by atoms with Gasteiger partial charge < -0.3 is 4.74 Å². The summed E-state index contributed by atoms with van der Waals surface area (Å²) in [4.78, 5) is 0.655. The van der Waals surface area contributed by atoms with Crippen LogP contribution in [0.1, 0.15) is 65.7 Å². The number of halogens is 1. The second-order valence-corrected chi connectivity index (χ2v) is 7.21. The lowest BCUT2D eigenvalue weighted by molar-refractivity contribution is 0.102. The van der Waals surface area contributed by atoms with E-state index in [4.69, 9.17) is 4.74 Å². The molecule has 1 nitrogen and oxygen atoms in total. The molecular weight excluding hydrogens is 264 g/mol. The Morgan fingerprint density at radius 1 is 1.25 bits per heavy atom. The Kier molecular flexibility index (Phi) is 6.35. The fraction of sp³-hybridized carbons (Fsp3) is 1.00. The number of rotatable bonds is 6. The molecule has 2 unspecified atom stereocenters. The Morgan fingerprint density at radius 2 is 2.00 bits per heavy atom. The second kappa shape index (κ2) is 7.00. The van der Waals surface area contributed by atoms with Gasteiger partial charge in [0, 0.05) is 11.4 Å². The fourth-order valence-electron chi connectivity index (χ4n) is 2.18. The zero-order valence-electron chi connectivity index (χ0n) is 11.1. The molecule has 1 aliphatic rings. The summed E-state index contributed by atoms with van der Waals surface area (Å²) in [5.41, 5.74) is 0.397. The fourth-order valence-corrected chi connectivity index (χ4v) is 2.50. The van der Waals surface area contributed by atoms with E-state index in [0.29, 0.717) is 16.3 Å². The van der Waals surface area contributed by atoms with Crippen LogP contribution in [0.5, 0.6) is 0 Å². The van der Waals surface area contributed by atoms with Crippen LogP contribution < -0.4 is 0 Å². The smallest absolute Gasteiger partial charge is 0.0576 e. The van der Waals surface area contributed by atoms with Crippen molar-refractivity contribution in [2.45, 2.75) is 76.6 Å². The first kappa shape index (κ1) is 14.5. The van der Waals surface area contributed by atoms with Crippen LogP contribution in [0.4, 0.5) is 0 Å². The Balaban J connectivity index is 1.95. The normalized spacial score (nSPS) is 23.6. The average molecular weight is 291 g/mol. The Bertz CT molecular complexity index is 180. The van der Waals surface area contributed by atoms with Gasteiger partial charge in [-0.3, -0.25) is 0 Å². The number of hydrogen-bond acceptors (Lipinski definition) is 1. The summed E-state index contributed by atoms with van der Waals surface area (Å²) in [6.07, 6.45) is 9.79. The van der Waals surface area contributed by atoms with Crippen LogP contribution in [0.2, 0.25) is 0 Å². The number of alkyl halides is 1. The van der Waals surface area contributed by atoms with E-state index in [1.54, 1.807) is 0 Å². The van der Waals surface area contributed by atoms with Gasteiger partial charge in [-0.05, 0) is 31.1 Å². The lowest BCUT2D eigenvalue weighted by Gasteiger charge is -2.25. The molecule has 0 amide bonds. The van der Waals surface area contributed by atoms with E-state index in [1.165, 1.54) is 44.9 Å². The molecule has 1 saturated heterocycles. The highest BCUT2D eigenvalue weighted by Crippen LogP contribution is 2.30. The van der Waals surface area contributed by atoms with Crippen LogP contribution in [0, 0.1) is 5.41 Å². The van der Waals surface area contributed by atoms with Gasteiger partial charge in [-0.1, -0.05) is 56.0 Å². The van der Waals surface area contributed by atoms with Gasteiger partial charge in [-0.2, -0.15) is 0 Å². The molecular formula is C14H27BrO. The van der Waals surface area contributed by atoms with Crippen LogP contribution in [0.15, 0.2) is 0 Å². The topological polar surface area (TPSA) is 9.23 Å². The number of unbranched alkanes of at least 4 members (excludes halogenated alkanes) is 2. The molecule has 0 spiro atoms. The van der Waals surface area contributed by atoms with Crippen LogP contribution >= 0.6 is 15.9 Å². The minimum atomic E-state index is 0.397. The summed E-state index contributed by atoms with van der Waals surface area (Å²) in [5.74, 6) is 0. The van der Waals surface area contributed by atoms with E-state index >= 15 is 0 Å². The molecule has 0 N–H and O–H groups in total. The number of hydrogen-bond donors (Lipinski definition) is 0. The van der Waals surface area contributed by atoms with Gasteiger partial charge in [-0.25, -0.2) is 0 Å². The van der Waals surface area contributed by atoms with Gasteiger partial charge in [0.25, 0.3) is 0 Å². The predicted octanol–water partition coefficient (Wildman–Crippen LogP) is 4.93. The third-order valence-electron chi connectivity index (χ3n) is 3.45. The largest absolute Gasteiger partial charge is 0.378 e. The molecule has 1 aliphatic heterocycles. The molecule has 1 fully saturated rings. The number of ether oxygens (including phenoxy) is 1. The molecule has 0 radical (unpaired) electrons. The highest BCUT2D eigenvalue weighted by atomic mass is 79.9. The van der Waals surface area contributed by atoms with E-state index in [0.717, 1.165) is 6.61 Å². The van der Waals surface area contributed by atoms with Crippen molar-refractivity contribution in [3.63, 3.8) is 0 Å². The first-order valence-electron chi connectivity index (χ1n) is 6.76. The average Bonchev–Trinajstić information content (AvgIpc) is 2.68. The predicted molar refractivity (Wildman–Crippen MR) is 74.2 cm³/mol. The van der Waals surface area contributed by atoms with Crippen LogP contribution in [0.3, 0.4) is 0 Å². The van der Waals surface area contributed by atoms with Gasteiger partial charge in [-0.15, -0.1) is 0 Å². The van der Waals surface area contributed by atoms with Gasteiger partial charge in [0.05, 0.1) is 6.10 Å². The third kappa shape index (κ3) is 5.67. The zero-order valence-corrected chi connectivity index (χ0v) is 12.7. The van der Waals surface area contributed by atoms with E-state index in [2.05, 4.69) is 36.7 Å². The van der Waals surface area contributed by atoms with Crippen molar-refractivity contribution in [1.82, 2.24) is 0 Å². The molecule has 0 saturated carbocycles. The van der Waals surface area contributed by atoms with Gasteiger partial charge in [0.2, 0.25) is 0 Å². The molecule has 0 aliphatic carbocycles. The van der Waals surface area contributed by atoms with Gasteiger partial charge in [0.15, 0.2) is 0 Å². The molecule has 0 bridgehead atoms. The van der Waals surface area contributed by atoms with Crippen LogP contribution in [-0.4, -0.2) is 17.5 Å². The maximum atomic E-state index is 5.63. The van der Waals surface area contributed by atoms with Crippen molar-refractivity contribution in [3.05, 3.63) is 0 Å². The van der Waals surface area contributed by atoms with Crippen LogP contribution in [0.25, 0.3) is 0 Å². The van der Waals surface area contributed by atoms with E-state index in [9.17, 15) is 0 Å². The maximum absolute atomic E-state index is 5.63. The summed E-state index contributed by atoms with van der Waals surface area (Å²) in [5, 5.41) is 0. The zero-order chi connectivity index (χ0) is 12.0. The van der Waals surface area contributed by atoms with Crippen molar-refractivity contribution in [3.8, 4) is 0 Å². The van der Waals surface area contributed by atoms with Gasteiger partial charge >= 0.3 is 0 Å². The quantitative estimate of drug-likeness (QED) is 0.498. The molecule has 0 aromatic rings. The van der Waals surface area contributed by atoms with Crippen molar-refractivity contribution >= 4 is 15.9 Å². The van der Waals surface area contributed by atoms with E-state index in [-0.39, 0.29) is 0 Å². The maximum Gasteiger partial charge on any atom is 0.0576 e. The molecule has 1 rings (SSSR count). The third-order valence-corrected chi connectivity index (χ3v) is 5.28. The second-order valence-electron chi connectivity index (χ2n) is 6.11. The first-order valence-corrected chi connectivity index (χ1v) is 7.67. The Hall–Kier alpha value is 0.440. The van der Waals surface area contributed by atoms with Crippen molar-refractivity contribution < 1.29 is 4.74 Å². The lowest BCUT2D eigenvalue weighted by atomic mass is 9.89. The summed E-state index contributed by atoms with van der Waals surface area (Å²) in [7, 11) is 0. The lowest BCUT2D eigenvalue weighted by Crippen LogP contribution is -2.19. The van der Waals surface area contributed by atoms with Crippen LogP contribution in [-0.2, 0) is 4.74 Å². The Morgan fingerprint density at radius 3 is 2.56 bits per heavy atom. The van der Waals surface area contributed by atoms with Crippen molar-refractivity contribution in [1.29, 1.82) is 0 Å². The minimum absolute atomic E-state index is 0.397. The highest BCUT2D eigenvalue weighted by molar-refractivity contribution is 9.09. The Labute approximate surface area is 109 Å².